The summed E-state index contributed by atoms with van der Waals surface area (Å²) in [5.41, 5.74) is -0.189. The summed E-state index contributed by atoms with van der Waals surface area (Å²) >= 11 is 3.45. The number of halogens is 4. The van der Waals surface area contributed by atoms with Crippen molar-refractivity contribution >= 4 is 15.9 Å². The molecule has 2 rings (SSSR count). The summed E-state index contributed by atoms with van der Waals surface area (Å²) in [4.78, 5) is 4.15. The molecule has 0 bridgehead atoms. The third-order valence-corrected chi connectivity index (χ3v) is 3.80. The Kier molecular flexibility index (Phi) is 3.24. The summed E-state index contributed by atoms with van der Waals surface area (Å²) in [5.74, 6) is -0.0188. The van der Waals surface area contributed by atoms with Gasteiger partial charge in [0.15, 0.2) is 0 Å². The number of nitrogens with zero attached hydrogens (tertiary/aromatic N) is 1. The lowest BCUT2D eigenvalue weighted by atomic mass is 9.94. The van der Waals surface area contributed by atoms with Crippen LogP contribution in [0.25, 0.3) is 0 Å². The van der Waals surface area contributed by atoms with E-state index in [1.807, 2.05) is 0 Å². The fourth-order valence-corrected chi connectivity index (χ4v) is 2.91. The van der Waals surface area contributed by atoms with Gasteiger partial charge in [-0.1, -0.05) is 15.9 Å². The molecule has 0 N–H and O–H groups in total. The number of hydrogen-bond acceptors (Lipinski definition) is 1. The molecule has 1 nitrogen and oxygen atoms in total. The molecule has 0 spiro atoms. The summed E-state index contributed by atoms with van der Waals surface area (Å²) in [5, 5.41) is 0. The molecule has 0 saturated heterocycles. The van der Waals surface area contributed by atoms with Crippen LogP contribution in [0.2, 0.25) is 0 Å². The molecule has 1 heterocycles. The smallest absolute Gasteiger partial charge is 0.264 e. The van der Waals surface area contributed by atoms with Gasteiger partial charge in [0.05, 0.1) is 5.56 Å². The van der Waals surface area contributed by atoms with Gasteiger partial charge < -0.3 is 0 Å². The number of aromatic nitrogens is 1. The van der Waals surface area contributed by atoms with Crippen LogP contribution in [0.5, 0.6) is 0 Å². The fourth-order valence-electron chi connectivity index (χ4n) is 2.20. The Morgan fingerprint density at radius 3 is 2.62 bits per heavy atom. The zero-order valence-corrected chi connectivity index (χ0v) is 10.1. The quantitative estimate of drug-likeness (QED) is 0.710. The molecule has 5 heteroatoms. The van der Waals surface area contributed by atoms with Crippen LogP contribution in [0.4, 0.5) is 13.2 Å². The maximum Gasteiger partial charge on any atom is 0.416 e. The minimum Gasteiger partial charge on any atom is -0.264 e. The molecule has 1 saturated carbocycles. The lowest BCUT2D eigenvalue weighted by Crippen LogP contribution is -2.11. The summed E-state index contributed by atoms with van der Waals surface area (Å²) in [6.45, 7) is 0. The van der Waals surface area contributed by atoms with Crippen molar-refractivity contribution in [2.24, 2.45) is 0 Å². The van der Waals surface area contributed by atoms with E-state index in [0.29, 0.717) is 10.4 Å². The highest BCUT2D eigenvalue weighted by Crippen LogP contribution is 2.42. The Morgan fingerprint density at radius 1 is 1.31 bits per heavy atom. The Bertz CT molecular complexity index is 378. The standard InChI is InChI=1S/C11H11BrF3N/c12-8-2-1-7(5-8)9-6-16-4-3-10(9)11(13,14)15/h3-4,6-8H,1-2,5H2. The number of pyridine rings is 1. The molecular weight excluding hydrogens is 283 g/mol. The van der Waals surface area contributed by atoms with Crippen LogP contribution in [0.15, 0.2) is 18.5 Å². The molecule has 16 heavy (non-hydrogen) atoms. The van der Waals surface area contributed by atoms with Gasteiger partial charge in [-0.15, -0.1) is 0 Å². The second-order valence-corrected chi connectivity index (χ2v) is 5.36. The second kappa shape index (κ2) is 4.35. The maximum absolute atomic E-state index is 12.8. The third kappa shape index (κ3) is 2.39. The van der Waals surface area contributed by atoms with Crippen molar-refractivity contribution in [2.75, 3.05) is 0 Å². The average Bonchev–Trinajstić information content (AvgIpc) is 2.64. The first-order valence-electron chi connectivity index (χ1n) is 5.13. The summed E-state index contributed by atoms with van der Waals surface area (Å²) < 4.78 is 38.3. The Morgan fingerprint density at radius 2 is 2.06 bits per heavy atom. The van der Waals surface area contributed by atoms with Crippen molar-refractivity contribution in [1.29, 1.82) is 0 Å². The molecule has 1 fully saturated rings. The lowest BCUT2D eigenvalue weighted by molar-refractivity contribution is -0.138. The van der Waals surface area contributed by atoms with Crippen molar-refractivity contribution in [3.05, 3.63) is 29.6 Å². The highest BCUT2D eigenvalue weighted by atomic mass is 79.9. The zero-order chi connectivity index (χ0) is 11.8. The third-order valence-electron chi connectivity index (χ3n) is 2.97. The first-order valence-corrected chi connectivity index (χ1v) is 6.05. The highest BCUT2D eigenvalue weighted by molar-refractivity contribution is 9.09. The van der Waals surface area contributed by atoms with E-state index in [1.165, 1.54) is 12.4 Å². The van der Waals surface area contributed by atoms with Crippen molar-refractivity contribution < 1.29 is 13.2 Å². The molecule has 1 aromatic heterocycles. The molecule has 2 atom stereocenters. The SMILES string of the molecule is FC(F)(F)c1ccncc1C1CCC(Br)C1. The Hall–Kier alpha value is -0.580. The lowest BCUT2D eigenvalue weighted by Gasteiger charge is -2.16. The molecule has 2 unspecified atom stereocenters. The van der Waals surface area contributed by atoms with Gasteiger partial charge in [0.2, 0.25) is 0 Å². The number of alkyl halides is 4. The minimum absolute atomic E-state index is 0.0188. The predicted molar refractivity (Wildman–Crippen MR) is 58.5 cm³/mol. The molecule has 0 aromatic carbocycles. The predicted octanol–water partition coefficient (Wildman–Crippen LogP) is 4.13. The van der Waals surface area contributed by atoms with Crippen LogP contribution < -0.4 is 0 Å². The molecule has 0 aliphatic heterocycles. The minimum atomic E-state index is -4.28. The van der Waals surface area contributed by atoms with E-state index >= 15 is 0 Å². The van der Waals surface area contributed by atoms with E-state index in [1.54, 1.807) is 0 Å². The van der Waals surface area contributed by atoms with Crippen LogP contribution in [0.3, 0.4) is 0 Å². The van der Waals surface area contributed by atoms with E-state index in [9.17, 15) is 13.2 Å². The van der Waals surface area contributed by atoms with Gasteiger partial charge in [-0.05, 0) is 36.8 Å². The molecular formula is C11H11BrF3N. The van der Waals surface area contributed by atoms with E-state index in [-0.39, 0.29) is 5.92 Å². The Balaban J connectivity index is 2.34. The van der Waals surface area contributed by atoms with E-state index in [2.05, 4.69) is 20.9 Å². The maximum atomic E-state index is 12.8. The van der Waals surface area contributed by atoms with E-state index in [4.69, 9.17) is 0 Å². The number of rotatable bonds is 1. The fraction of sp³-hybridized carbons (Fsp3) is 0.545. The van der Waals surface area contributed by atoms with Gasteiger partial charge in [-0.3, -0.25) is 4.98 Å². The van der Waals surface area contributed by atoms with Crippen LogP contribution in [0.1, 0.15) is 36.3 Å². The molecule has 88 valence electrons. The first-order chi connectivity index (χ1) is 7.48. The number of hydrogen-bond donors (Lipinski definition) is 0. The van der Waals surface area contributed by atoms with Crippen molar-refractivity contribution in [3.8, 4) is 0 Å². The van der Waals surface area contributed by atoms with Gasteiger partial charge in [0.1, 0.15) is 0 Å². The Labute approximate surface area is 100 Å². The molecule has 0 amide bonds. The molecule has 0 radical (unpaired) electrons. The summed E-state index contributed by atoms with van der Waals surface area (Å²) in [6.07, 6.45) is 0.768. The van der Waals surface area contributed by atoms with Crippen LogP contribution in [0, 0.1) is 0 Å². The van der Waals surface area contributed by atoms with Gasteiger partial charge in [-0.2, -0.15) is 13.2 Å². The molecule has 1 aromatic rings. The van der Waals surface area contributed by atoms with Crippen molar-refractivity contribution in [1.82, 2.24) is 4.98 Å². The van der Waals surface area contributed by atoms with Gasteiger partial charge in [0, 0.05) is 17.2 Å². The van der Waals surface area contributed by atoms with E-state index in [0.717, 1.165) is 25.3 Å². The molecule has 1 aliphatic carbocycles. The normalized spacial score (nSPS) is 26.0. The highest BCUT2D eigenvalue weighted by Gasteiger charge is 2.36. The topological polar surface area (TPSA) is 12.9 Å². The van der Waals surface area contributed by atoms with E-state index < -0.39 is 11.7 Å². The van der Waals surface area contributed by atoms with Crippen LogP contribution in [-0.4, -0.2) is 9.81 Å². The van der Waals surface area contributed by atoms with Crippen molar-refractivity contribution in [3.63, 3.8) is 0 Å². The van der Waals surface area contributed by atoms with Gasteiger partial charge in [-0.25, -0.2) is 0 Å². The average molecular weight is 294 g/mol. The first kappa shape index (κ1) is 11.9. The van der Waals surface area contributed by atoms with Crippen molar-refractivity contribution in [2.45, 2.75) is 36.2 Å². The van der Waals surface area contributed by atoms with Gasteiger partial charge >= 0.3 is 6.18 Å². The zero-order valence-electron chi connectivity index (χ0n) is 8.47. The largest absolute Gasteiger partial charge is 0.416 e. The van der Waals surface area contributed by atoms with Gasteiger partial charge in [0.25, 0.3) is 0 Å². The second-order valence-electron chi connectivity index (χ2n) is 4.07. The summed E-state index contributed by atoms with van der Waals surface area (Å²) in [6, 6.07) is 1.07. The molecule has 1 aliphatic rings. The van der Waals surface area contributed by atoms with Crippen LogP contribution >= 0.6 is 15.9 Å². The summed E-state index contributed by atoms with van der Waals surface area (Å²) in [7, 11) is 0. The van der Waals surface area contributed by atoms with Crippen LogP contribution in [-0.2, 0) is 6.18 Å². The monoisotopic (exact) mass is 293 g/mol.